The first-order chi connectivity index (χ1) is 13.9. The fraction of sp³-hybridized carbons (Fsp3) is 0.143. The molecule has 0 bridgehead atoms. The van der Waals surface area contributed by atoms with Crippen molar-refractivity contribution in [3.05, 3.63) is 53.1 Å². The predicted octanol–water partition coefficient (Wildman–Crippen LogP) is 3.04. The van der Waals surface area contributed by atoms with E-state index >= 15 is 0 Å². The lowest BCUT2D eigenvalue weighted by molar-refractivity contribution is -0.142. The molecule has 0 unspecified atom stereocenters. The number of nitrogens with zero attached hydrogens (tertiary/aromatic N) is 1. The van der Waals surface area contributed by atoms with Crippen molar-refractivity contribution in [2.24, 2.45) is 0 Å². The van der Waals surface area contributed by atoms with E-state index < -0.39 is 17.4 Å². The molecule has 2 aromatic heterocycles. The molecule has 1 aliphatic heterocycles. The van der Waals surface area contributed by atoms with Gasteiger partial charge in [0.25, 0.3) is 11.6 Å². The quantitative estimate of drug-likeness (QED) is 0.443. The zero-order chi connectivity index (χ0) is 20.5. The Kier molecular flexibility index (Phi) is 3.59. The molecule has 0 radical (unpaired) electrons. The zero-order valence-electron chi connectivity index (χ0n) is 15.5. The van der Waals surface area contributed by atoms with Crippen LogP contribution in [0.2, 0.25) is 5.02 Å². The van der Waals surface area contributed by atoms with Gasteiger partial charge in [0.2, 0.25) is 5.78 Å². The van der Waals surface area contributed by atoms with Crippen LogP contribution in [0.15, 0.2) is 42.5 Å². The van der Waals surface area contributed by atoms with Gasteiger partial charge in [-0.05, 0) is 30.3 Å². The lowest BCUT2D eigenvalue weighted by atomic mass is 9.91. The Morgan fingerprint density at radius 2 is 2.00 bits per heavy atom. The number of nitrogens with one attached hydrogen (secondary N) is 2. The maximum Gasteiger partial charge on any atom is 0.289 e. The first kappa shape index (κ1) is 17.8. The predicted molar refractivity (Wildman–Crippen MR) is 109 cm³/mol. The number of benzene rings is 2. The van der Waals surface area contributed by atoms with Gasteiger partial charge in [0.15, 0.2) is 5.75 Å². The van der Waals surface area contributed by atoms with Crippen LogP contribution in [0.25, 0.3) is 33.2 Å². The third-order valence-corrected chi connectivity index (χ3v) is 5.68. The molecule has 3 N–H and O–H groups in total. The van der Waals surface area contributed by atoms with Crippen molar-refractivity contribution in [3.63, 3.8) is 0 Å². The van der Waals surface area contributed by atoms with E-state index in [0.717, 1.165) is 0 Å². The number of likely N-dealkylation sites (N-methyl/N-ethyl adjacent to an activating group) is 1. The van der Waals surface area contributed by atoms with Crippen molar-refractivity contribution >= 4 is 45.1 Å². The van der Waals surface area contributed by atoms with Gasteiger partial charge in [-0.25, -0.2) is 0 Å². The molecule has 0 saturated heterocycles. The molecular formula is C21H16ClN3O4. The molecule has 3 heterocycles. The van der Waals surface area contributed by atoms with Crippen LogP contribution in [0, 0.1) is 0 Å². The summed E-state index contributed by atoms with van der Waals surface area (Å²) in [6.45, 7) is 0. The number of H-pyrrole nitrogens is 1. The van der Waals surface area contributed by atoms with Gasteiger partial charge in [0, 0.05) is 28.4 Å². The number of ketones is 1. The van der Waals surface area contributed by atoms with Crippen molar-refractivity contribution in [3.8, 4) is 17.1 Å². The number of aromatic nitrogens is 2. The van der Waals surface area contributed by atoms with E-state index in [4.69, 9.17) is 16.3 Å². The molecule has 1 amide bonds. The third kappa shape index (κ3) is 2.06. The van der Waals surface area contributed by atoms with E-state index in [1.165, 1.54) is 18.7 Å². The van der Waals surface area contributed by atoms with Gasteiger partial charge < -0.3 is 20.1 Å². The molecule has 0 aliphatic carbocycles. The second kappa shape index (κ2) is 5.85. The average molecular weight is 410 g/mol. The van der Waals surface area contributed by atoms with Gasteiger partial charge in [0.05, 0.1) is 23.9 Å². The van der Waals surface area contributed by atoms with Crippen LogP contribution in [0.4, 0.5) is 0 Å². The minimum absolute atomic E-state index is 0.196. The number of fused-ring (bicyclic) bond motifs is 7. The maximum absolute atomic E-state index is 13.6. The molecule has 29 heavy (non-hydrogen) atoms. The van der Waals surface area contributed by atoms with Gasteiger partial charge >= 0.3 is 0 Å². The number of Topliss-reactive ketones (excluding diaryl/α,β-unsaturated/α-hetero) is 1. The largest absolute Gasteiger partial charge is 0.494 e. The minimum atomic E-state index is -2.48. The number of aliphatic hydroxyl groups is 1. The highest BCUT2D eigenvalue weighted by atomic mass is 35.5. The van der Waals surface area contributed by atoms with Crippen molar-refractivity contribution in [2.45, 2.75) is 5.72 Å². The molecule has 7 nitrogen and oxygen atoms in total. The molecule has 5 rings (SSSR count). The third-order valence-electron chi connectivity index (χ3n) is 5.44. The number of carbonyl (C=O) groups is 2. The van der Waals surface area contributed by atoms with Crippen LogP contribution >= 0.6 is 11.6 Å². The molecule has 8 heteroatoms. The number of aromatic amines is 1. The minimum Gasteiger partial charge on any atom is -0.494 e. The van der Waals surface area contributed by atoms with Gasteiger partial charge in [-0.3, -0.25) is 14.2 Å². The highest BCUT2D eigenvalue weighted by Crippen LogP contribution is 2.49. The Balaban J connectivity index is 2.04. The van der Waals surface area contributed by atoms with E-state index in [1.54, 1.807) is 30.3 Å². The molecule has 0 spiro atoms. The number of hydrogen-bond donors (Lipinski definition) is 3. The van der Waals surface area contributed by atoms with Crippen molar-refractivity contribution in [2.75, 3.05) is 14.2 Å². The number of ether oxygens (including phenoxy) is 1. The smallest absolute Gasteiger partial charge is 0.289 e. The summed E-state index contributed by atoms with van der Waals surface area (Å²) in [6.07, 6.45) is 0. The average Bonchev–Trinajstić information content (AvgIpc) is 3.26. The van der Waals surface area contributed by atoms with Gasteiger partial charge in [-0.15, -0.1) is 0 Å². The van der Waals surface area contributed by atoms with E-state index in [2.05, 4.69) is 10.3 Å². The SMILES string of the molecule is CNC(=O)[C@@]1(O)C(=O)c2c([nH]c3ccc(Cl)cc23)-c2c(OC)c3ccccc3n21. The van der Waals surface area contributed by atoms with Crippen LogP contribution in [0.1, 0.15) is 10.4 Å². The molecular weight excluding hydrogens is 394 g/mol. The van der Waals surface area contributed by atoms with E-state index in [9.17, 15) is 14.7 Å². The number of amides is 1. The summed E-state index contributed by atoms with van der Waals surface area (Å²) >= 11 is 6.15. The normalized spacial score (nSPS) is 18.0. The highest BCUT2D eigenvalue weighted by Gasteiger charge is 2.54. The molecule has 0 fully saturated rings. The van der Waals surface area contributed by atoms with Crippen LogP contribution in [-0.2, 0) is 10.5 Å². The number of hydrogen-bond acceptors (Lipinski definition) is 4. The highest BCUT2D eigenvalue weighted by molar-refractivity contribution is 6.32. The Labute approximate surface area is 169 Å². The van der Waals surface area contributed by atoms with Crippen LogP contribution in [-0.4, -0.2) is 40.5 Å². The Morgan fingerprint density at radius 3 is 2.72 bits per heavy atom. The molecule has 1 atom stereocenters. The Morgan fingerprint density at radius 1 is 1.24 bits per heavy atom. The van der Waals surface area contributed by atoms with Gasteiger partial charge in [0.1, 0.15) is 5.69 Å². The van der Waals surface area contributed by atoms with Crippen LogP contribution in [0.3, 0.4) is 0 Å². The second-order valence-electron chi connectivity index (χ2n) is 6.88. The summed E-state index contributed by atoms with van der Waals surface area (Å²) in [6, 6.07) is 12.2. The maximum atomic E-state index is 13.6. The zero-order valence-corrected chi connectivity index (χ0v) is 16.3. The summed E-state index contributed by atoms with van der Waals surface area (Å²) in [5, 5.41) is 15.6. The lowest BCUT2D eigenvalue weighted by Crippen LogP contribution is -2.55. The number of carbonyl (C=O) groups excluding carboxylic acids is 2. The van der Waals surface area contributed by atoms with E-state index in [0.29, 0.717) is 44.0 Å². The van der Waals surface area contributed by atoms with Crippen molar-refractivity contribution in [1.82, 2.24) is 14.9 Å². The number of halogens is 1. The monoisotopic (exact) mass is 409 g/mol. The van der Waals surface area contributed by atoms with E-state index in [-0.39, 0.29) is 5.56 Å². The van der Waals surface area contributed by atoms with Crippen molar-refractivity contribution in [1.29, 1.82) is 0 Å². The molecule has 146 valence electrons. The Hall–Kier alpha value is -3.29. The molecule has 2 aromatic carbocycles. The second-order valence-corrected chi connectivity index (χ2v) is 7.32. The summed E-state index contributed by atoms with van der Waals surface area (Å²) in [5.41, 5.74) is -0.239. The molecule has 0 saturated carbocycles. The first-order valence-corrected chi connectivity index (χ1v) is 9.30. The van der Waals surface area contributed by atoms with Crippen LogP contribution < -0.4 is 10.1 Å². The van der Waals surface area contributed by atoms with Gasteiger partial charge in [-0.1, -0.05) is 23.7 Å². The summed E-state index contributed by atoms with van der Waals surface area (Å²) in [5.74, 6) is -1.13. The topological polar surface area (TPSA) is 96.3 Å². The fourth-order valence-corrected chi connectivity index (χ4v) is 4.38. The Bertz CT molecular complexity index is 1350. The number of para-hydroxylation sites is 1. The first-order valence-electron chi connectivity index (χ1n) is 8.92. The van der Waals surface area contributed by atoms with E-state index in [1.807, 2.05) is 12.1 Å². The van der Waals surface area contributed by atoms with Crippen LogP contribution in [0.5, 0.6) is 5.75 Å². The molecule has 1 aliphatic rings. The number of methoxy groups -OCH3 is 1. The molecule has 4 aromatic rings. The summed E-state index contributed by atoms with van der Waals surface area (Å²) in [4.78, 5) is 29.7. The lowest BCUT2D eigenvalue weighted by Gasteiger charge is -2.32. The van der Waals surface area contributed by atoms with Gasteiger partial charge in [-0.2, -0.15) is 0 Å². The fourth-order valence-electron chi connectivity index (χ4n) is 4.21. The summed E-state index contributed by atoms with van der Waals surface area (Å²) in [7, 11) is 2.88. The number of rotatable bonds is 2. The van der Waals surface area contributed by atoms with Crippen molar-refractivity contribution < 1.29 is 19.4 Å². The summed E-state index contributed by atoms with van der Waals surface area (Å²) < 4.78 is 7.00. The standard InChI is InChI=1S/C21H16ClN3O4/c1-23-20(27)21(28)19(26)15-12-9-10(22)7-8-13(12)24-16(15)17-18(29-2)11-5-3-4-6-14(11)25(17)21/h3-9,24,28H,1-2H3,(H,23,27)/t21-/m0/s1.